The minimum absolute atomic E-state index is 0.123. The number of carbonyl (C=O) groups excluding carboxylic acids is 2. The number of rotatable bonds is 4. The van der Waals surface area contributed by atoms with Crippen LogP contribution in [0.3, 0.4) is 0 Å². The fourth-order valence-electron chi connectivity index (χ4n) is 3.51. The monoisotopic (exact) mass is 383 g/mol. The Balaban J connectivity index is 1.45. The van der Waals surface area contributed by atoms with Crippen molar-refractivity contribution < 1.29 is 9.59 Å². The first-order valence-electron chi connectivity index (χ1n) is 8.76. The van der Waals surface area contributed by atoms with E-state index in [2.05, 4.69) is 25.6 Å². The summed E-state index contributed by atoms with van der Waals surface area (Å²) in [6.45, 7) is -0.123. The lowest BCUT2D eigenvalue weighted by atomic mass is 9.91. The van der Waals surface area contributed by atoms with Gasteiger partial charge in [0.05, 0.1) is 29.3 Å². The van der Waals surface area contributed by atoms with Gasteiger partial charge in [-0.1, -0.05) is 23.7 Å². The number of nitrogens with zero attached hydrogens (tertiary/aromatic N) is 2. The van der Waals surface area contributed by atoms with E-state index in [0.717, 1.165) is 35.9 Å². The molecule has 1 unspecified atom stereocenters. The van der Waals surface area contributed by atoms with Crippen molar-refractivity contribution in [1.82, 2.24) is 25.6 Å². The van der Waals surface area contributed by atoms with E-state index in [1.807, 2.05) is 18.2 Å². The Bertz CT molecular complexity index is 1000. The van der Waals surface area contributed by atoms with Crippen LogP contribution in [0, 0.1) is 0 Å². The van der Waals surface area contributed by atoms with Gasteiger partial charge in [-0.2, -0.15) is 0 Å². The second-order valence-corrected chi connectivity index (χ2v) is 6.87. The van der Waals surface area contributed by atoms with Crippen molar-refractivity contribution >= 4 is 34.3 Å². The quantitative estimate of drug-likeness (QED) is 0.644. The van der Waals surface area contributed by atoms with Crippen molar-refractivity contribution in [3.8, 4) is 0 Å². The van der Waals surface area contributed by atoms with E-state index in [9.17, 15) is 9.59 Å². The number of hydrogen-bond acceptors (Lipinski definition) is 4. The Morgan fingerprint density at radius 1 is 1.30 bits per heavy atom. The molecule has 3 aromatic rings. The van der Waals surface area contributed by atoms with Crippen LogP contribution in [0.1, 0.15) is 40.6 Å². The van der Waals surface area contributed by atoms with E-state index >= 15 is 0 Å². The number of aromatic nitrogens is 3. The maximum Gasteiger partial charge on any atom is 0.271 e. The van der Waals surface area contributed by atoms with Gasteiger partial charge in [0, 0.05) is 23.5 Å². The summed E-state index contributed by atoms with van der Waals surface area (Å²) in [7, 11) is 0. The maximum absolute atomic E-state index is 12.3. The number of amides is 2. The van der Waals surface area contributed by atoms with Crippen molar-refractivity contribution in [2.24, 2.45) is 0 Å². The van der Waals surface area contributed by atoms with Gasteiger partial charge in [0.25, 0.3) is 5.91 Å². The normalized spacial score (nSPS) is 16.0. The van der Waals surface area contributed by atoms with E-state index in [1.165, 1.54) is 24.2 Å². The molecule has 2 amide bonds. The largest absolute Gasteiger partial charge is 0.355 e. The number of fused-ring (bicyclic) bond motifs is 3. The highest BCUT2D eigenvalue weighted by molar-refractivity contribution is 6.35. The highest BCUT2D eigenvalue weighted by Crippen LogP contribution is 2.36. The zero-order chi connectivity index (χ0) is 18.8. The summed E-state index contributed by atoms with van der Waals surface area (Å²) in [5, 5.41) is 7.34. The molecule has 1 aromatic carbocycles. The predicted molar refractivity (Wildman–Crippen MR) is 101 cm³/mol. The molecule has 0 saturated carbocycles. The van der Waals surface area contributed by atoms with Gasteiger partial charge in [-0.15, -0.1) is 0 Å². The molecule has 1 aliphatic carbocycles. The number of benzene rings is 1. The Kier molecular flexibility index (Phi) is 4.77. The van der Waals surface area contributed by atoms with E-state index < -0.39 is 5.91 Å². The average Bonchev–Trinajstić information content (AvgIpc) is 3.08. The Morgan fingerprint density at radius 2 is 2.19 bits per heavy atom. The Labute approximate surface area is 160 Å². The molecule has 0 spiro atoms. The molecule has 0 aliphatic heterocycles. The van der Waals surface area contributed by atoms with E-state index in [-0.39, 0.29) is 24.2 Å². The number of para-hydroxylation sites is 1. The van der Waals surface area contributed by atoms with Crippen LogP contribution in [0.2, 0.25) is 5.02 Å². The fourth-order valence-corrected chi connectivity index (χ4v) is 3.73. The van der Waals surface area contributed by atoms with Crippen LogP contribution in [0.15, 0.2) is 36.8 Å². The third-order valence-corrected chi connectivity index (χ3v) is 5.05. The van der Waals surface area contributed by atoms with Crippen molar-refractivity contribution in [1.29, 1.82) is 0 Å². The first-order valence-corrected chi connectivity index (χ1v) is 9.14. The molecule has 3 N–H and O–H groups in total. The van der Waals surface area contributed by atoms with Crippen LogP contribution < -0.4 is 10.6 Å². The second-order valence-electron chi connectivity index (χ2n) is 6.47. The van der Waals surface area contributed by atoms with Crippen LogP contribution in [0.25, 0.3) is 10.9 Å². The smallest absolute Gasteiger partial charge is 0.271 e. The molecule has 1 aliphatic rings. The molecule has 27 heavy (non-hydrogen) atoms. The zero-order valence-corrected chi connectivity index (χ0v) is 15.2. The third kappa shape index (κ3) is 3.50. The molecule has 8 heteroatoms. The van der Waals surface area contributed by atoms with Gasteiger partial charge in [-0.05, 0) is 30.9 Å². The number of hydrogen-bond donors (Lipinski definition) is 3. The Hall–Kier alpha value is -2.93. The molecule has 0 saturated heterocycles. The lowest BCUT2D eigenvalue weighted by Crippen LogP contribution is -2.39. The zero-order valence-electron chi connectivity index (χ0n) is 14.5. The summed E-state index contributed by atoms with van der Waals surface area (Å²) >= 11 is 6.30. The summed E-state index contributed by atoms with van der Waals surface area (Å²) in [4.78, 5) is 35.4. The van der Waals surface area contributed by atoms with Crippen LogP contribution in [-0.4, -0.2) is 33.3 Å². The van der Waals surface area contributed by atoms with Gasteiger partial charge in [-0.25, -0.2) is 4.98 Å². The van der Waals surface area contributed by atoms with Gasteiger partial charge in [0.15, 0.2) is 0 Å². The summed E-state index contributed by atoms with van der Waals surface area (Å²) in [6, 6.07) is 5.70. The van der Waals surface area contributed by atoms with Crippen LogP contribution >= 0.6 is 11.6 Å². The second kappa shape index (κ2) is 7.36. The first kappa shape index (κ1) is 17.5. The minimum Gasteiger partial charge on any atom is -0.355 e. The van der Waals surface area contributed by atoms with Crippen molar-refractivity contribution in [2.75, 3.05) is 6.54 Å². The number of carbonyl (C=O) groups is 2. The van der Waals surface area contributed by atoms with Crippen LogP contribution in [-0.2, 0) is 11.2 Å². The van der Waals surface area contributed by atoms with Gasteiger partial charge in [0.1, 0.15) is 5.69 Å². The predicted octanol–water partition coefficient (Wildman–Crippen LogP) is 2.53. The van der Waals surface area contributed by atoms with E-state index in [0.29, 0.717) is 5.02 Å². The first-order chi connectivity index (χ1) is 13.1. The summed E-state index contributed by atoms with van der Waals surface area (Å²) in [5.74, 6) is -0.685. The van der Waals surface area contributed by atoms with Crippen LogP contribution in [0.4, 0.5) is 0 Å². The number of nitrogens with one attached hydrogen (secondary N) is 3. The van der Waals surface area contributed by atoms with Crippen molar-refractivity contribution in [3.63, 3.8) is 0 Å². The SMILES string of the molecule is O=C(CNC(=O)c1cnccn1)NC1CCCc2c1[nH]c1c(Cl)cccc21. The maximum atomic E-state index is 12.3. The topological polar surface area (TPSA) is 99.8 Å². The molecule has 2 heterocycles. The van der Waals surface area contributed by atoms with Crippen molar-refractivity contribution in [2.45, 2.75) is 25.3 Å². The number of halogens is 1. The van der Waals surface area contributed by atoms with E-state index in [1.54, 1.807) is 0 Å². The highest BCUT2D eigenvalue weighted by atomic mass is 35.5. The molecule has 0 bridgehead atoms. The molecule has 0 radical (unpaired) electrons. The number of H-pyrrole nitrogens is 1. The molecule has 138 valence electrons. The Morgan fingerprint density at radius 3 is 3.00 bits per heavy atom. The summed E-state index contributed by atoms with van der Waals surface area (Å²) in [5.41, 5.74) is 3.28. The van der Waals surface area contributed by atoms with E-state index in [4.69, 9.17) is 11.6 Å². The van der Waals surface area contributed by atoms with Gasteiger partial charge in [-0.3, -0.25) is 14.6 Å². The molecule has 2 aromatic heterocycles. The van der Waals surface area contributed by atoms with Gasteiger partial charge < -0.3 is 15.6 Å². The molecule has 0 fully saturated rings. The standard InChI is InChI=1S/C19H18ClN5O2/c20-13-5-1-3-11-12-4-2-6-14(18(12)25-17(11)13)24-16(26)10-23-19(27)15-9-21-7-8-22-15/h1,3,5,7-9,14,25H,2,4,6,10H2,(H,23,27)(H,24,26). The lowest BCUT2D eigenvalue weighted by molar-refractivity contribution is -0.121. The molecule has 7 nitrogen and oxygen atoms in total. The summed E-state index contributed by atoms with van der Waals surface area (Å²) < 4.78 is 0. The summed E-state index contributed by atoms with van der Waals surface area (Å²) in [6.07, 6.45) is 7.03. The molecular weight excluding hydrogens is 366 g/mol. The number of aromatic amines is 1. The van der Waals surface area contributed by atoms with Crippen LogP contribution in [0.5, 0.6) is 0 Å². The lowest BCUT2D eigenvalue weighted by Gasteiger charge is -2.24. The van der Waals surface area contributed by atoms with Crippen molar-refractivity contribution in [3.05, 3.63) is 58.8 Å². The minimum atomic E-state index is -0.431. The third-order valence-electron chi connectivity index (χ3n) is 4.73. The van der Waals surface area contributed by atoms with Gasteiger partial charge in [0.2, 0.25) is 5.91 Å². The molecule has 1 atom stereocenters. The molecule has 4 rings (SSSR count). The fraction of sp³-hybridized carbons (Fsp3) is 0.263. The molecular formula is C19H18ClN5O2. The van der Waals surface area contributed by atoms with Gasteiger partial charge >= 0.3 is 0 Å². The average molecular weight is 384 g/mol. The highest BCUT2D eigenvalue weighted by Gasteiger charge is 2.26. The number of aryl methyl sites for hydroxylation is 1.